The number of likely N-dealkylation sites (tertiary alicyclic amines) is 1. The Labute approximate surface area is 121 Å². The third-order valence-corrected chi connectivity index (χ3v) is 3.54. The Morgan fingerprint density at radius 3 is 2.47 bits per heavy atom. The van der Waals surface area contributed by atoms with Gasteiger partial charge in [-0.3, -0.25) is 0 Å². The van der Waals surface area contributed by atoms with Crippen molar-refractivity contribution in [3.63, 3.8) is 0 Å². The number of ether oxygens (including phenoxy) is 1. The summed E-state index contributed by atoms with van der Waals surface area (Å²) in [5.74, 6) is 0. The molecule has 2 aliphatic rings. The molecule has 0 aliphatic carbocycles. The van der Waals surface area contributed by atoms with Crippen LogP contribution in [0.25, 0.3) is 0 Å². The van der Waals surface area contributed by atoms with Crippen molar-refractivity contribution in [1.29, 1.82) is 0 Å². The van der Waals surface area contributed by atoms with Crippen LogP contribution >= 0.6 is 12.4 Å². The van der Waals surface area contributed by atoms with E-state index < -0.39 is 11.2 Å². The van der Waals surface area contributed by atoms with Crippen LogP contribution in [0.3, 0.4) is 0 Å². The second kappa shape index (κ2) is 5.85. The van der Waals surface area contributed by atoms with E-state index in [1.54, 1.807) is 4.90 Å². The zero-order chi connectivity index (χ0) is 13.4. The van der Waals surface area contributed by atoms with Gasteiger partial charge in [-0.1, -0.05) is 6.42 Å². The second-order valence-electron chi connectivity index (χ2n) is 6.44. The van der Waals surface area contributed by atoms with Crippen molar-refractivity contribution in [2.24, 2.45) is 0 Å². The van der Waals surface area contributed by atoms with Crippen molar-refractivity contribution in [3.05, 3.63) is 0 Å². The SMILES string of the molecule is CC(C)(C)OC(=O)N1CC(O)(C2CCCCN2)C1.Cl. The van der Waals surface area contributed by atoms with E-state index in [-0.39, 0.29) is 24.5 Å². The molecule has 0 spiro atoms. The molecule has 0 radical (unpaired) electrons. The number of rotatable bonds is 1. The van der Waals surface area contributed by atoms with Crippen LogP contribution in [0.4, 0.5) is 4.79 Å². The van der Waals surface area contributed by atoms with Crippen LogP contribution in [-0.4, -0.2) is 53.0 Å². The Morgan fingerprint density at radius 2 is 2.00 bits per heavy atom. The van der Waals surface area contributed by atoms with Gasteiger partial charge in [0.1, 0.15) is 11.2 Å². The summed E-state index contributed by atoms with van der Waals surface area (Å²) in [7, 11) is 0. The second-order valence-corrected chi connectivity index (χ2v) is 6.44. The zero-order valence-electron chi connectivity index (χ0n) is 11.9. The normalized spacial score (nSPS) is 26.1. The van der Waals surface area contributed by atoms with Gasteiger partial charge >= 0.3 is 6.09 Å². The number of hydrogen-bond donors (Lipinski definition) is 2. The molecule has 0 aromatic heterocycles. The largest absolute Gasteiger partial charge is 0.444 e. The van der Waals surface area contributed by atoms with Crippen LogP contribution < -0.4 is 5.32 Å². The average Bonchev–Trinajstić information content (AvgIpc) is 2.23. The first kappa shape index (κ1) is 16.5. The molecule has 2 saturated heterocycles. The van der Waals surface area contributed by atoms with Gasteiger partial charge in [0, 0.05) is 6.04 Å². The standard InChI is InChI=1S/C13H24N2O3.ClH/c1-12(2,3)18-11(16)15-8-13(17,9-15)10-6-4-5-7-14-10;/h10,14,17H,4-9H2,1-3H3;1H. The number of halogens is 1. The summed E-state index contributed by atoms with van der Waals surface area (Å²) in [5.41, 5.74) is -1.24. The molecule has 1 atom stereocenters. The molecule has 19 heavy (non-hydrogen) atoms. The molecule has 2 rings (SSSR count). The zero-order valence-corrected chi connectivity index (χ0v) is 12.8. The van der Waals surface area contributed by atoms with Crippen LogP contribution in [0, 0.1) is 0 Å². The molecule has 2 heterocycles. The van der Waals surface area contributed by atoms with Gasteiger partial charge in [0.25, 0.3) is 0 Å². The van der Waals surface area contributed by atoms with E-state index in [1.165, 1.54) is 6.42 Å². The quantitative estimate of drug-likeness (QED) is 0.769. The number of aliphatic hydroxyl groups is 1. The molecule has 6 heteroatoms. The van der Waals surface area contributed by atoms with Crippen molar-refractivity contribution in [2.45, 2.75) is 57.3 Å². The highest BCUT2D eigenvalue weighted by atomic mass is 35.5. The molecule has 2 N–H and O–H groups in total. The summed E-state index contributed by atoms with van der Waals surface area (Å²) >= 11 is 0. The van der Waals surface area contributed by atoms with Gasteiger partial charge in [0.2, 0.25) is 0 Å². The van der Waals surface area contributed by atoms with Gasteiger partial charge in [0.15, 0.2) is 0 Å². The molecule has 112 valence electrons. The molecule has 2 fully saturated rings. The summed E-state index contributed by atoms with van der Waals surface area (Å²) in [6, 6.07) is 0.116. The van der Waals surface area contributed by atoms with Crippen LogP contribution in [0.2, 0.25) is 0 Å². The Morgan fingerprint density at radius 1 is 1.37 bits per heavy atom. The maximum Gasteiger partial charge on any atom is 0.410 e. The molecule has 1 amide bonds. The lowest BCUT2D eigenvalue weighted by molar-refractivity contribution is -0.121. The molecule has 0 bridgehead atoms. The highest BCUT2D eigenvalue weighted by Crippen LogP contribution is 2.30. The number of carbonyl (C=O) groups is 1. The fourth-order valence-electron chi connectivity index (χ4n) is 2.60. The highest BCUT2D eigenvalue weighted by molar-refractivity contribution is 5.85. The molecule has 5 nitrogen and oxygen atoms in total. The number of nitrogens with one attached hydrogen (secondary N) is 1. The highest BCUT2D eigenvalue weighted by Gasteiger charge is 2.50. The van der Waals surface area contributed by atoms with Crippen molar-refractivity contribution in [2.75, 3.05) is 19.6 Å². The van der Waals surface area contributed by atoms with Crippen molar-refractivity contribution in [3.8, 4) is 0 Å². The first-order chi connectivity index (χ1) is 8.30. The Balaban J connectivity index is 0.00000180. The number of nitrogens with zero attached hydrogens (tertiary/aromatic N) is 1. The van der Waals surface area contributed by atoms with Crippen LogP contribution in [0.1, 0.15) is 40.0 Å². The first-order valence-electron chi connectivity index (χ1n) is 6.74. The minimum atomic E-state index is -0.767. The van der Waals surface area contributed by atoms with Gasteiger partial charge in [-0.15, -0.1) is 12.4 Å². The number of piperidine rings is 1. The van der Waals surface area contributed by atoms with E-state index in [0.717, 1.165) is 19.4 Å². The van der Waals surface area contributed by atoms with Crippen molar-refractivity contribution in [1.82, 2.24) is 10.2 Å². The van der Waals surface area contributed by atoms with E-state index >= 15 is 0 Å². The molecule has 1 unspecified atom stereocenters. The molecule has 0 saturated carbocycles. The lowest BCUT2D eigenvalue weighted by Crippen LogP contribution is -2.72. The molecule has 0 aromatic rings. The number of carbonyl (C=O) groups excluding carboxylic acids is 1. The monoisotopic (exact) mass is 292 g/mol. The number of hydrogen-bond acceptors (Lipinski definition) is 4. The van der Waals surface area contributed by atoms with Crippen LogP contribution in [0.5, 0.6) is 0 Å². The van der Waals surface area contributed by atoms with E-state index in [4.69, 9.17) is 4.74 Å². The van der Waals surface area contributed by atoms with Gasteiger partial charge in [-0.2, -0.15) is 0 Å². The van der Waals surface area contributed by atoms with E-state index in [2.05, 4.69) is 5.32 Å². The van der Waals surface area contributed by atoms with E-state index in [9.17, 15) is 9.90 Å². The Hall–Kier alpha value is -0.520. The minimum Gasteiger partial charge on any atom is -0.444 e. The average molecular weight is 293 g/mol. The number of amides is 1. The van der Waals surface area contributed by atoms with Crippen LogP contribution in [0.15, 0.2) is 0 Å². The van der Waals surface area contributed by atoms with Crippen molar-refractivity contribution < 1.29 is 14.6 Å². The lowest BCUT2D eigenvalue weighted by atomic mass is 9.82. The molecule has 0 aromatic carbocycles. The maximum absolute atomic E-state index is 11.8. The van der Waals surface area contributed by atoms with Gasteiger partial charge in [-0.05, 0) is 40.2 Å². The lowest BCUT2D eigenvalue weighted by Gasteiger charge is -2.51. The Kier molecular flexibility index (Phi) is 5.09. The third kappa shape index (κ3) is 3.97. The van der Waals surface area contributed by atoms with E-state index in [1.807, 2.05) is 20.8 Å². The molecular weight excluding hydrogens is 268 g/mol. The summed E-state index contributed by atoms with van der Waals surface area (Å²) in [6.45, 7) is 7.25. The Bertz CT molecular complexity index is 318. The smallest absolute Gasteiger partial charge is 0.410 e. The summed E-state index contributed by atoms with van der Waals surface area (Å²) < 4.78 is 5.28. The maximum atomic E-state index is 11.8. The van der Waals surface area contributed by atoms with Gasteiger partial charge in [-0.25, -0.2) is 4.79 Å². The molecule has 2 aliphatic heterocycles. The van der Waals surface area contributed by atoms with Crippen molar-refractivity contribution >= 4 is 18.5 Å². The summed E-state index contributed by atoms with van der Waals surface area (Å²) in [6.07, 6.45) is 2.97. The summed E-state index contributed by atoms with van der Waals surface area (Å²) in [5, 5.41) is 13.8. The third-order valence-electron chi connectivity index (χ3n) is 3.54. The van der Waals surface area contributed by atoms with Gasteiger partial charge < -0.3 is 20.1 Å². The van der Waals surface area contributed by atoms with Crippen LogP contribution in [-0.2, 0) is 4.74 Å². The fourth-order valence-corrected chi connectivity index (χ4v) is 2.60. The first-order valence-corrected chi connectivity index (χ1v) is 6.74. The minimum absolute atomic E-state index is 0. The van der Waals surface area contributed by atoms with E-state index in [0.29, 0.717) is 13.1 Å². The molecular formula is C13H25ClN2O3. The number of β-amino-alcohol motifs (C(OH)–C–C–N with tert-alkyl or cyclic N) is 1. The topological polar surface area (TPSA) is 61.8 Å². The fraction of sp³-hybridized carbons (Fsp3) is 0.923. The predicted octanol–water partition coefficient (Wildman–Crippen LogP) is 1.53. The predicted molar refractivity (Wildman–Crippen MR) is 75.6 cm³/mol. The van der Waals surface area contributed by atoms with Gasteiger partial charge in [0.05, 0.1) is 13.1 Å². The summed E-state index contributed by atoms with van der Waals surface area (Å²) in [4.78, 5) is 13.4.